The fourth-order valence-electron chi connectivity index (χ4n) is 2.02. The van der Waals surface area contributed by atoms with Crippen molar-refractivity contribution in [3.63, 3.8) is 0 Å². The van der Waals surface area contributed by atoms with E-state index in [1.165, 1.54) is 6.26 Å². The lowest BCUT2D eigenvalue weighted by Gasteiger charge is -2.18. The largest absolute Gasteiger partial charge is 0.213 e. The van der Waals surface area contributed by atoms with Gasteiger partial charge in [-0.05, 0) is 17.5 Å². The summed E-state index contributed by atoms with van der Waals surface area (Å²) >= 11 is 0. The second-order valence-electron chi connectivity index (χ2n) is 4.54. The van der Waals surface area contributed by atoms with Crippen molar-refractivity contribution >= 4 is 10.0 Å². The first-order valence-corrected chi connectivity index (χ1v) is 8.00. The van der Waals surface area contributed by atoms with Crippen LogP contribution in [-0.4, -0.2) is 14.7 Å². The molecule has 0 spiro atoms. The van der Waals surface area contributed by atoms with Gasteiger partial charge >= 0.3 is 0 Å². The predicted molar refractivity (Wildman–Crippen MR) is 77.3 cm³/mol. The molecule has 0 aliphatic carbocycles. The second-order valence-corrected chi connectivity index (χ2v) is 6.32. The third-order valence-corrected chi connectivity index (χ3v) is 3.55. The van der Waals surface area contributed by atoms with Crippen molar-refractivity contribution in [1.82, 2.24) is 4.72 Å². The van der Waals surface area contributed by atoms with Crippen molar-refractivity contribution in [3.8, 4) is 0 Å². The summed E-state index contributed by atoms with van der Waals surface area (Å²) < 4.78 is 25.7. The summed E-state index contributed by atoms with van der Waals surface area (Å²) in [5.41, 5.74) is 2.07. The van der Waals surface area contributed by atoms with Gasteiger partial charge in [0.25, 0.3) is 0 Å². The van der Waals surface area contributed by atoms with Crippen LogP contribution in [0.4, 0.5) is 0 Å². The summed E-state index contributed by atoms with van der Waals surface area (Å²) in [6.45, 7) is 0. The van der Waals surface area contributed by atoms with Crippen LogP contribution in [0.15, 0.2) is 60.7 Å². The first kappa shape index (κ1) is 13.8. The molecule has 2 aromatic rings. The molecule has 1 unspecified atom stereocenters. The minimum absolute atomic E-state index is 0.237. The van der Waals surface area contributed by atoms with Gasteiger partial charge in [-0.2, -0.15) is 0 Å². The van der Waals surface area contributed by atoms with Gasteiger partial charge in [-0.1, -0.05) is 60.7 Å². The number of benzene rings is 2. The zero-order valence-corrected chi connectivity index (χ0v) is 11.6. The molecule has 1 N–H and O–H groups in total. The molecule has 0 amide bonds. The van der Waals surface area contributed by atoms with Crippen LogP contribution in [0.5, 0.6) is 0 Å². The van der Waals surface area contributed by atoms with Crippen molar-refractivity contribution < 1.29 is 8.42 Å². The Morgan fingerprint density at radius 1 is 0.947 bits per heavy atom. The summed E-state index contributed by atoms with van der Waals surface area (Å²) in [7, 11) is -3.24. The van der Waals surface area contributed by atoms with Crippen LogP contribution in [0.25, 0.3) is 0 Å². The maximum Gasteiger partial charge on any atom is 0.209 e. The van der Waals surface area contributed by atoms with Crippen molar-refractivity contribution in [1.29, 1.82) is 0 Å². The highest BCUT2D eigenvalue weighted by Gasteiger charge is 2.16. The Hall–Kier alpha value is -1.65. The topological polar surface area (TPSA) is 46.2 Å². The highest BCUT2D eigenvalue weighted by Crippen LogP contribution is 2.18. The summed E-state index contributed by atoms with van der Waals surface area (Å²) in [6, 6.07) is 19.2. The normalized spacial score (nSPS) is 13.1. The first-order chi connectivity index (χ1) is 9.04. The molecule has 0 saturated carbocycles. The van der Waals surface area contributed by atoms with Gasteiger partial charge in [0.2, 0.25) is 10.0 Å². The Morgan fingerprint density at radius 3 is 2.00 bits per heavy atom. The molecule has 4 heteroatoms. The fourth-order valence-corrected chi connectivity index (χ4v) is 2.76. The Bertz CT molecular complexity index is 609. The average Bonchev–Trinajstić information content (AvgIpc) is 2.39. The van der Waals surface area contributed by atoms with Crippen molar-refractivity contribution in [3.05, 3.63) is 71.8 Å². The maximum atomic E-state index is 11.5. The van der Waals surface area contributed by atoms with E-state index < -0.39 is 10.0 Å². The maximum absolute atomic E-state index is 11.5. The van der Waals surface area contributed by atoms with Crippen molar-refractivity contribution in [2.24, 2.45) is 0 Å². The Morgan fingerprint density at radius 2 is 1.47 bits per heavy atom. The third kappa shape index (κ3) is 4.50. The molecule has 19 heavy (non-hydrogen) atoms. The molecule has 100 valence electrons. The molecular formula is C15H17NO2S. The lowest BCUT2D eigenvalue weighted by molar-refractivity contribution is 0.560. The fraction of sp³-hybridized carbons (Fsp3) is 0.200. The molecule has 0 fully saturated rings. The van der Waals surface area contributed by atoms with Gasteiger partial charge in [0.15, 0.2) is 0 Å². The van der Waals surface area contributed by atoms with Gasteiger partial charge in [-0.25, -0.2) is 13.1 Å². The van der Waals surface area contributed by atoms with Crippen molar-refractivity contribution in [2.45, 2.75) is 12.5 Å². The van der Waals surface area contributed by atoms with E-state index in [0.717, 1.165) is 11.1 Å². The van der Waals surface area contributed by atoms with Crippen LogP contribution in [0.3, 0.4) is 0 Å². The van der Waals surface area contributed by atoms with Gasteiger partial charge in [-0.15, -0.1) is 0 Å². The van der Waals surface area contributed by atoms with Gasteiger partial charge in [0.05, 0.1) is 12.3 Å². The molecule has 0 bridgehead atoms. The molecule has 3 nitrogen and oxygen atoms in total. The van der Waals surface area contributed by atoms with E-state index in [-0.39, 0.29) is 6.04 Å². The molecule has 2 aromatic carbocycles. The summed E-state index contributed by atoms with van der Waals surface area (Å²) in [6.07, 6.45) is 1.83. The molecule has 0 aliphatic rings. The van der Waals surface area contributed by atoms with E-state index in [1.54, 1.807) is 0 Å². The summed E-state index contributed by atoms with van der Waals surface area (Å²) in [5, 5.41) is 0. The zero-order valence-electron chi connectivity index (χ0n) is 10.8. The highest BCUT2D eigenvalue weighted by molar-refractivity contribution is 7.88. The SMILES string of the molecule is CS(=O)(=O)NC(Cc1ccccc1)c1ccccc1. The highest BCUT2D eigenvalue weighted by atomic mass is 32.2. The Balaban J connectivity index is 2.25. The van der Waals surface area contributed by atoms with E-state index in [4.69, 9.17) is 0 Å². The molecule has 2 rings (SSSR count). The number of hydrogen-bond acceptors (Lipinski definition) is 2. The van der Waals surface area contributed by atoms with E-state index >= 15 is 0 Å². The molecule has 0 heterocycles. The van der Waals surface area contributed by atoms with Crippen LogP contribution in [-0.2, 0) is 16.4 Å². The molecule has 0 saturated heterocycles. The van der Waals surface area contributed by atoms with E-state index in [9.17, 15) is 8.42 Å². The number of nitrogens with one attached hydrogen (secondary N) is 1. The summed E-state index contributed by atoms with van der Waals surface area (Å²) in [5.74, 6) is 0. The van der Waals surface area contributed by atoms with Crippen LogP contribution in [0.1, 0.15) is 17.2 Å². The predicted octanol–water partition coefficient (Wildman–Crippen LogP) is 2.52. The first-order valence-electron chi connectivity index (χ1n) is 6.11. The third-order valence-electron chi connectivity index (χ3n) is 2.84. The van der Waals surface area contributed by atoms with Gasteiger partial charge in [0.1, 0.15) is 0 Å². The molecule has 1 atom stereocenters. The van der Waals surface area contributed by atoms with Gasteiger partial charge in [0, 0.05) is 0 Å². The van der Waals surface area contributed by atoms with Crippen LogP contribution >= 0.6 is 0 Å². The second kappa shape index (κ2) is 5.99. The van der Waals surface area contributed by atoms with E-state index in [0.29, 0.717) is 6.42 Å². The van der Waals surface area contributed by atoms with Crippen LogP contribution in [0, 0.1) is 0 Å². The van der Waals surface area contributed by atoms with Crippen molar-refractivity contribution in [2.75, 3.05) is 6.26 Å². The number of sulfonamides is 1. The minimum Gasteiger partial charge on any atom is -0.213 e. The number of hydrogen-bond donors (Lipinski definition) is 1. The van der Waals surface area contributed by atoms with E-state index in [2.05, 4.69) is 4.72 Å². The Kier molecular flexibility index (Phi) is 4.35. The lowest BCUT2D eigenvalue weighted by Crippen LogP contribution is -2.28. The van der Waals surface area contributed by atoms with Crippen LogP contribution in [0.2, 0.25) is 0 Å². The van der Waals surface area contributed by atoms with Gasteiger partial charge < -0.3 is 0 Å². The lowest BCUT2D eigenvalue weighted by atomic mass is 10.00. The smallest absolute Gasteiger partial charge is 0.209 e. The standard InChI is InChI=1S/C15H17NO2S/c1-19(17,18)16-15(14-10-6-3-7-11-14)12-13-8-4-2-5-9-13/h2-11,15-16H,12H2,1H3. The number of rotatable bonds is 5. The quantitative estimate of drug-likeness (QED) is 0.911. The van der Waals surface area contributed by atoms with Gasteiger partial charge in [-0.3, -0.25) is 0 Å². The monoisotopic (exact) mass is 275 g/mol. The average molecular weight is 275 g/mol. The zero-order chi connectivity index (χ0) is 13.7. The molecule has 0 aromatic heterocycles. The molecule has 0 aliphatic heterocycles. The minimum atomic E-state index is -3.24. The Labute approximate surface area is 114 Å². The van der Waals surface area contributed by atoms with Crippen LogP contribution < -0.4 is 4.72 Å². The van der Waals surface area contributed by atoms with E-state index in [1.807, 2.05) is 60.7 Å². The molecular weight excluding hydrogens is 258 g/mol. The molecule has 0 radical (unpaired) electrons. The summed E-state index contributed by atoms with van der Waals surface area (Å²) in [4.78, 5) is 0.